The zero-order chi connectivity index (χ0) is 15.2. The van der Waals surface area contributed by atoms with Crippen LogP contribution in [0, 0.1) is 0 Å². The number of rotatable bonds is 1. The van der Waals surface area contributed by atoms with Gasteiger partial charge in [-0.3, -0.25) is 0 Å². The number of anilines is 2. The number of imidazole rings is 1. The average molecular weight is 293 g/mol. The summed E-state index contributed by atoms with van der Waals surface area (Å²) >= 11 is 0. The van der Waals surface area contributed by atoms with Gasteiger partial charge in [0.25, 0.3) is 0 Å². The van der Waals surface area contributed by atoms with Crippen molar-refractivity contribution in [3.8, 4) is 0 Å². The van der Waals surface area contributed by atoms with Gasteiger partial charge in [-0.25, -0.2) is 4.98 Å². The normalized spacial score (nSPS) is 30.4. The van der Waals surface area contributed by atoms with Crippen molar-refractivity contribution in [3.05, 3.63) is 6.33 Å². The van der Waals surface area contributed by atoms with Gasteiger partial charge in [0, 0.05) is 19.5 Å². The fraction of sp³-hybridized carbons (Fsp3) is 0.583. The van der Waals surface area contributed by atoms with E-state index in [2.05, 4.69) is 20.3 Å². The van der Waals surface area contributed by atoms with E-state index >= 15 is 0 Å². The van der Waals surface area contributed by atoms with Crippen LogP contribution in [0.5, 0.6) is 0 Å². The van der Waals surface area contributed by atoms with Crippen molar-refractivity contribution in [2.45, 2.75) is 31.1 Å². The summed E-state index contributed by atoms with van der Waals surface area (Å²) in [5.74, 6) is 0.264. The number of aromatic nitrogens is 4. The van der Waals surface area contributed by atoms with Crippen molar-refractivity contribution in [2.24, 2.45) is 0 Å². The lowest BCUT2D eigenvalue weighted by Gasteiger charge is -2.32. The first-order chi connectivity index (χ1) is 9.88. The van der Waals surface area contributed by atoms with Crippen molar-refractivity contribution < 1.29 is 10.2 Å². The van der Waals surface area contributed by atoms with Crippen LogP contribution in [0.2, 0.25) is 0 Å². The van der Waals surface area contributed by atoms with Gasteiger partial charge in [0.2, 0.25) is 5.95 Å². The zero-order valence-electron chi connectivity index (χ0n) is 11.7. The summed E-state index contributed by atoms with van der Waals surface area (Å²) < 4.78 is 1.73. The number of β-amino-alcohol motifs (C(OH)–C–C–N with tert-alkyl or cyclic N) is 1. The highest BCUT2D eigenvalue weighted by molar-refractivity contribution is 5.82. The first kappa shape index (κ1) is 14.0. The number of hydrogen-bond donors (Lipinski definition) is 5. The third kappa shape index (κ3) is 2.39. The molecule has 0 radical (unpaired) electrons. The average Bonchev–Trinajstić information content (AvgIpc) is 2.71. The summed E-state index contributed by atoms with van der Waals surface area (Å²) in [6.07, 6.45) is 1.21. The number of hydrogen-bond acceptors (Lipinski definition) is 8. The largest absolute Gasteiger partial charge is 0.392 e. The fourth-order valence-electron chi connectivity index (χ4n) is 2.87. The minimum Gasteiger partial charge on any atom is -0.392 e. The lowest BCUT2D eigenvalue weighted by Crippen LogP contribution is -2.40. The number of aliphatic hydroxyl groups excluding tert-OH is 1. The molecule has 7 N–H and O–H groups in total. The van der Waals surface area contributed by atoms with Crippen LogP contribution in [0.1, 0.15) is 19.4 Å². The van der Waals surface area contributed by atoms with Gasteiger partial charge in [-0.2, -0.15) is 9.97 Å². The zero-order valence-corrected chi connectivity index (χ0v) is 11.7. The van der Waals surface area contributed by atoms with E-state index in [0.29, 0.717) is 24.3 Å². The molecule has 0 bridgehead atoms. The van der Waals surface area contributed by atoms with E-state index in [1.54, 1.807) is 17.8 Å². The van der Waals surface area contributed by atoms with Crippen LogP contribution in [0.25, 0.3) is 11.2 Å². The molecule has 0 aliphatic carbocycles. The predicted octanol–water partition coefficient (Wildman–Crippen LogP) is -1.36. The molecule has 9 nitrogen and oxygen atoms in total. The Morgan fingerprint density at radius 2 is 2.14 bits per heavy atom. The van der Waals surface area contributed by atoms with Gasteiger partial charge >= 0.3 is 0 Å². The van der Waals surface area contributed by atoms with Gasteiger partial charge in [0.05, 0.1) is 24.1 Å². The van der Waals surface area contributed by atoms with Crippen molar-refractivity contribution in [1.29, 1.82) is 0 Å². The van der Waals surface area contributed by atoms with E-state index in [1.165, 1.54) is 0 Å². The third-order valence-electron chi connectivity index (χ3n) is 3.89. The van der Waals surface area contributed by atoms with Crippen LogP contribution in [0.15, 0.2) is 6.33 Å². The topological polar surface area (TPSA) is 148 Å². The second kappa shape index (κ2) is 4.79. The summed E-state index contributed by atoms with van der Waals surface area (Å²) in [5, 5.41) is 23.6. The second-order valence-corrected chi connectivity index (χ2v) is 5.68. The highest BCUT2D eigenvalue weighted by Gasteiger charge is 2.38. The van der Waals surface area contributed by atoms with Crippen LogP contribution in [-0.2, 0) is 0 Å². The van der Waals surface area contributed by atoms with E-state index in [9.17, 15) is 10.2 Å². The Balaban J connectivity index is 2.11. The molecule has 1 saturated heterocycles. The summed E-state index contributed by atoms with van der Waals surface area (Å²) in [4.78, 5) is 12.3. The minimum absolute atomic E-state index is 0.0583. The van der Waals surface area contributed by atoms with E-state index in [1.807, 2.05) is 0 Å². The Kier molecular flexibility index (Phi) is 3.19. The second-order valence-electron chi connectivity index (χ2n) is 5.68. The molecule has 9 heteroatoms. The van der Waals surface area contributed by atoms with Crippen molar-refractivity contribution >= 4 is 22.9 Å². The molecular formula is C12H19N7O2. The number of aliphatic hydroxyl groups is 2. The maximum Gasteiger partial charge on any atom is 0.224 e. The van der Waals surface area contributed by atoms with Gasteiger partial charge in [-0.05, 0) is 6.92 Å². The van der Waals surface area contributed by atoms with Gasteiger partial charge in [-0.15, -0.1) is 0 Å². The Morgan fingerprint density at radius 1 is 1.38 bits per heavy atom. The summed E-state index contributed by atoms with van der Waals surface area (Å²) in [5.41, 5.74) is 11.2. The van der Waals surface area contributed by atoms with E-state index in [-0.39, 0.29) is 24.2 Å². The molecule has 3 rings (SSSR count). The fourth-order valence-corrected chi connectivity index (χ4v) is 2.87. The third-order valence-corrected chi connectivity index (χ3v) is 3.89. The molecule has 1 aliphatic rings. The van der Waals surface area contributed by atoms with Gasteiger partial charge in [0.15, 0.2) is 11.5 Å². The number of nitrogens with one attached hydrogen (secondary N) is 1. The molecule has 0 amide bonds. The van der Waals surface area contributed by atoms with Crippen LogP contribution < -0.4 is 16.8 Å². The molecular weight excluding hydrogens is 274 g/mol. The molecule has 2 aromatic heterocycles. The molecule has 0 spiro atoms. The first-order valence-corrected chi connectivity index (χ1v) is 6.75. The maximum atomic E-state index is 10.7. The highest BCUT2D eigenvalue weighted by atomic mass is 16.3. The van der Waals surface area contributed by atoms with E-state index in [4.69, 9.17) is 11.5 Å². The quantitative estimate of drug-likeness (QED) is 0.433. The number of nitrogens with zero attached hydrogens (tertiary/aromatic N) is 4. The number of nitrogen functional groups attached to an aromatic ring is 2. The van der Waals surface area contributed by atoms with Gasteiger partial charge in [0.1, 0.15) is 5.52 Å². The molecule has 0 unspecified atom stereocenters. The molecule has 3 atom stereocenters. The van der Waals surface area contributed by atoms with Crippen molar-refractivity contribution in [2.75, 3.05) is 24.6 Å². The SMILES string of the molecule is C[C@@]1(O)C[C@H](O)CNC[C@H]1n1cnc2c(N)nc(N)nc21. The standard InChI is InChI=1S/C12H19N7O2/c1-12(21)2-6(20)3-15-4-7(12)19-5-16-8-9(13)17-11(14)18-10(8)19/h5-7,15,20-21H,2-4H2,1H3,(H4,13,14,17,18)/t6-,7+,12+/m0/s1. The van der Waals surface area contributed by atoms with E-state index < -0.39 is 11.7 Å². The Bertz CT molecular complexity index is 669. The number of fused-ring (bicyclic) bond motifs is 1. The van der Waals surface area contributed by atoms with Crippen LogP contribution in [-0.4, -0.2) is 54.5 Å². The maximum absolute atomic E-state index is 10.7. The predicted molar refractivity (Wildman–Crippen MR) is 77.3 cm³/mol. The van der Waals surface area contributed by atoms with Crippen LogP contribution in [0.3, 0.4) is 0 Å². The Morgan fingerprint density at radius 3 is 2.90 bits per heavy atom. The van der Waals surface area contributed by atoms with Crippen molar-refractivity contribution in [1.82, 2.24) is 24.8 Å². The molecule has 1 aliphatic heterocycles. The summed E-state index contributed by atoms with van der Waals surface area (Å²) in [6.45, 7) is 2.59. The Labute approximate surface area is 121 Å². The highest BCUT2D eigenvalue weighted by Crippen LogP contribution is 2.31. The van der Waals surface area contributed by atoms with E-state index in [0.717, 1.165) is 0 Å². The molecule has 21 heavy (non-hydrogen) atoms. The van der Waals surface area contributed by atoms with Crippen LogP contribution >= 0.6 is 0 Å². The minimum atomic E-state index is -1.12. The van der Waals surface area contributed by atoms with Gasteiger partial charge < -0.3 is 31.6 Å². The lowest BCUT2D eigenvalue weighted by atomic mass is 9.91. The van der Waals surface area contributed by atoms with Crippen LogP contribution in [0.4, 0.5) is 11.8 Å². The summed E-state index contributed by atoms with van der Waals surface area (Å²) in [6, 6.07) is -0.353. The van der Waals surface area contributed by atoms with Gasteiger partial charge in [-0.1, -0.05) is 0 Å². The Hall–Kier alpha value is -1.97. The molecule has 2 aromatic rings. The first-order valence-electron chi connectivity index (χ1n) is 6.75. The molecule has 0 saturated carbocycles. The smallest absolute Gasteiger partial charge is 0.224 e. The molecule has 1 fully saturated rings. The lowest BCUT2D eigenvalue weighted by molar-refractivity contribution is -0.0213. The number of nitrogens with two attached hydrogens (primary N) is 2. The summed E-state index contributed by atoms with van der Waals surface area (Å²) in [7, 11) is 0. The monoisotopic (exact) mass is 293 g/mol. The molecule has 114 valence electrons. The molecule has 3 heterocycles. The van der Waals surface area contributed by atoms with Crippen molar-refractivity contribution in [3.63, 3.8) is 0 Å². The molecule has 0 aromatic carbocycles.